The van der Waals surface area contributed by atoms with Gasteiger partial charge in [-0.15, -0.1) is 0 Å². The second-order valence-corrected chi connectivity index (χ2v) is 5.49. The predicted molar refractivity (Wildman–Crippen MR) is 60.5 cm³/mol. The minimum Gasteiger partial charge on any atom is -0.313 e. The molecule has 0 aromatic heterocycles. The molecule has 14 heavy (non-hydrogen) atoms. The average Bonchev–Trinajstić information content (AvgIpc) is 2.72. The third kappa shape index (κ3) is 2.71. The van der Waals surface area contributed by atoms with Crippen LogP contribution in [0.4, 0.5) is 0 Å². The first-order chi connectivity index (χ1) is 6.72. The van der Waals surface area contributed by atoms with E-state index in [-0.39, 0.29) is 0 Å². The van der Waals surface area contributed by atoms with Gasteiger partial charge < -0.3 is 10.2 Å². The zero-order valence-electron chi connectivity index (χ0n) is 9.68. The van der Waals surface area contributed by atoms with Crippen molar-refractivity contribution < 1.29 is 0 Å². The summed E-state index contributed by atoms with van der Waals surface area (Å²) >= 11 is 0. The van der Waals surface area contributed by atoms with E-state index in [4.69, 9.17) is 0 Å². The molecule has 2 heteroatoms. The summed E-state index contributed by atoms with van der Waals surface area (Å²) in [6, 6.07) is 0.775. The number of nitrogens with zero attached hydrogens (tertiary/aromatic N) is 1. The van der Waals surface area contributed by atoms with Crippen molar-refractivity contribution in [1.29, 1.82) is 0 Å². The SMILES string of the molecule is CCCNC1CCN(CC2(C)CC2)C1. The van der Waals surface area contributed by atoms with Crippen LogP contribution >= 0.6 is 0 Å². The van der Waals surface area contributed by atoms with Crippen LogP contribution in [-0.4, -0.2) is 37.1 Å². The smallest absolute Gasteiger partial charge is 0.0207 e. The number of nitrogens with one attached hydrogen (secondary N) is 1. The highest BCUT2D eigenvalue weighted by molar-refractivity contribution is 4.93. The van der Waals surface area contributed by atoms with Gasteiger partial charge in [-0.2, -0.15) is 0 Å². The summed E-state index contributed by atoms with van der Waals surface area (Å²) in [6.07, 6.45) is 5.53. The molecule has 1 saturated heterocycles. The Balaban J connectivity index is 1.66. The van der Waals surface area contributed by atoms with Gasteiger partial charge in [0, 0.05) is 19.1 Å². The predicted octanol–water partition coefficient (Wildman–Crippen LogP) is 1.86. The fourth-order valence-electron chi connectivity index (χ4n) is 2.40. The molecule has 0 aromatic carbocycles. The number of likely N-dealkylation sites (tertiary alicyclic amines) is 1. The maximum absolute atomic E-state index is 3.63. The third-order valence-electron chi connectivity index (χ3n) is 3.66. The van der Waals surface area contributed by atoms with Gasteiger partial charge in [-0.25, -0.2) is 0 Å². The van der Waals surface area contributed by atoms with Crippen molar-refractivity contribution in [1.82, 2.24) is 10.2 Å². The van der Waals surface area contributed by atoms with Gasteiger partial charge in [0.05, 0.1) is 0 Å². The normalized spacial score (nSPS) is 30.9. The second-order valence-electron chi connectivity index (χ2n) is 5.49. The largest absolute Gasteiger partial charge is 0.313 e. The van der Waals surface area contributed by atoms with Crippen molar-refractivity contribution in [2.45, 2.75) is 45.6 Å². The van der Waals surface area contributed by atoms with Gasteiger partial charge in [0.15, 0.2) is 0 Å². The Kier molecular flexibility index (Phi) is 3.13. The van der Waals surface area contributed by atoms with Crippen LogP contribution in [0.3, 0.4) is 0 Å². The molecule has 1 N–H and O–H groups in total. The van der Waals surface area contributed by atoms with E-state index in [0.29, 0.717) is 5.41 Å². The molecule has 1 heterocycles. The topological polar surface area (TPSA) is 15.3 Å². The lowest BCUT2D eigenvalue weighted by atomic mass is 10.1. The molecule has 82 valence electrons. The van der Waals surface area contributed by atoms with E-state index < -0.39 is 0 Å². The highest BCUT2D eigenvalue weighted by atomic mass is 15.2. The van der Waals surface area contributed by atoms with E-state index in [1.54, 1.807) is 0 Å². The van der Waals surface area contributed by atoms with Gasteiger partial charge in [0.2, 0.25) is 0 Å². The Bertz CT molecular complexity index is 187. The monoisotopic (exact) mass is 196 g/mol. The lowest BCUT2D eigenvalue weighted by Crippen LogP contribution is -2.34. The molecular weight excluding hydrogens is 172 g/mol. The molecule has 0 radical (unpaired) electrons. The molecule has 2 aliphatic rings. The summed E-state index contributed by atoms with van der Waals surface area (Å²) in [7, 11) is 0. The van der Waals surface area contributed by atoms with Gasteiger partial charge in [-0.1, -0.05) is 13.8 Å². The van der Waals surface area contributed by atoms with Crippen LogP contribution < -0.4 is 5.32 Å². The van der Waals surface area contributed by atoms with Crippen LogP contribution in [0.15, 0.2) is 0 Å². The Morgan fingerprint density at radius 1 is 1.43 bits per heavy atom. The van der Waals surface area contributed by atoms with Crippen LogP contribution in [0.25, 0.3) is 0 Å². The zero-order chi connectivity index (χ0) is 10.0. The van der Waals surface area contributed by atoms with Crippen LogP contribution in [-0.2, 0) is 0 Å². The van der Waals surface area contributed by atoms with E-state index in [1.165, 1.54) is 51.9 Å². The first-order valence-electron chi connectivity index (χ1n) is 6.18. The van der Waals surface area contributed by atoms with Crippen molar-refractivity contribution in [2.75, 3.05) is 26.2 Å². The maximum Gasteiger partial charge on any atom is 0.0207 e. The van der Waals surface area contributed by atoms with Crippen LogP contribution in [0.2, 0.25) is 0 Å². The summed E-state index contributed by atoms with van der Waals surface area (Å²) in [4.78, 5) is 2.65. The first-order valence-corrected chi connectivity index (χ1v) is 6.18. The Morgan fingerprint density at radius 3 is 2.86 bits per heavy atom. The van der Waals surface area contributed by atoms with Gasteiger partial charge in [0.25, 0.3) is 0 Å². The Labute approximate surface area is 88.1 Å². The number of hydrogen-bond acceptors (Lipinski definition) is 2. The minimum atomic E-state index is 0.694. The number of rotatable bonds is 5. The highest BCUT2D eigenvalue weighted by Gasteiger charge is 2.39. The zero-order valence-corrected chi connectivity index (χ0v) is 9.68. The van der Waals surface area contributed by atoms with Crippen LogP contribution in [0.5, 0.6) is 0 Å². The first kappa shape index (κ1) is 10.4. The fourth-order valence-corrected chi connectivity index (χ4v) is 2.40. The van der Waals surface area contributed by atoms with Crippen molar-refractivity contribution in [3.8, 4) is 0 Å². The maximum atomic E-state index is 3.63. The number of hydrogen-bond donors (Lipinski definition) is 1. The summed E-state index contributed by atoms with van der Waals surface area (Å²) < 4.78 is 0. The molecule has 2 nitrogen and oxygen atoms in total. The average molecular weight is 196 g/mol. The summed E-state index contributed by atoms with van der Waals surface area (Å²) in [6.45, 7) is 9.81. The van der Waals surface area contributed by atoms with Crippen LogP contribution in [0, 0.1) is 5.41 Å². The van der Waals surface area contributed by atoms with Crippen molar-refractivity contribution in [2.24, 2.45) is 5.41 Å². The minimum absolute atomic E-state index is 0.694. The molecule has 2 fully saturated rings. The molecule has 1 saturated carbocycles. The molecule has 0 bridgehead atoms. The molecular formula is C12H24N2. The summed E-state index contributed by atoms with van der Waals surface area (Å²) in [5.74, 6) is 0. The van der Waals surface area contributed by atoms with E-state index in [0.717, 1.165) is 6.04 Å². The Hall–Kier alpha value is -0.0800. The fraction of sp³-hybridized carbons (Fsp3) is 1.00. The van der Waals surface area contributed by atoms with Crippen LogP contribution in [0.1, 0.15) is 39.5 Å². The Morgan fingerprint density at radius 2 is 2.21 bits per heavy atom. The molecule has 0 aromatic rings. The van der Waals surface area contributed by atoms with Crippen molar-refractivity contribution in [3.63, 3.8) is 0 Å². The highest BCUT2D eigenvalue weighted by Crippen LogP contribution is 2.45. The second kappa shape index (κ2) is 4.19. The lowest BCUT2D eigenvalue weighted by Gasteiger charge is -2.20. The molecule has 0 amide bonds. The van der Waals surface area contributed by atoms with Gasteiger partial charge in [-0.3, -0.25) is 0 Å². The quantitative estimate of drug-likeness (QED) is 0.722. The van der Waals surface area contributed by atoms with Gasteiger partial charge in [0.1, 0.15) is 0 Å². The third-order valence-corrected chi connectivity index (χ3v) is 3.66. The molecule has 1 aliphatic heterocycles. The van der Waals surface area contributed by atoms with E-state index in [1.807, 2.05) is 0 Å². The summed E-state index contributed by atoms with van der Waals surface area (Å²) in [5, 5.41) is 3.63. The van der Waals surface area contributed by atoms with Gasteiger partial charge >= 0.3 is 0 Å². The molecule has 1 aliphatic carbocycles. The molecule has 1 unspecified atom stereocenters. The van der Waals surface area contributed by atoms with E-state index in [2.05, 4.69) is 24.1 Å². The molecule has 1 atom stereocenters. The van der Waals surface area contributed by atoms with Crippen molar-refractivity contribution in [3.05, 3.63) is 0 Å². The van der Waals surface area contributed by atoms with E-state index in [9.17, 15) is 0 Å². The van der Waals surface area contributed by atoms with Gasteiger partial charge in [-0.05, 0) is 44.2 Å². The van der Waals surface area contributed by atoms with Crippen molar-refractivity contribution >= 4 is 0 Å². The lowest BCUT2D eigenvalue weighted by molar-refractivity contribution is 0.269. The molecule has 2 rings (SSSR count). The summed E-state index contributed by atoms with van der Waals surface area (Å²) in [5.41, 5.74) is 0.694. The molecule has 0 spiro atoms. The van der Waals surface area contributed by atoms with E-state index >= 15 is 0 Å². The standard InChI is InChI=1S/C12H24N2/c1-3-7-13-11-4-8-14(9-11)10-12(2)5-6-12/h11,13H,3-10H2,1-2H3.